The quantitative estimate of drug-likeness (QED) is 0.727. The smallest absolute Gasteiger partial charge is 0.270 e. The minimum atomic E-state index is -2.71. The van der Waals surface area contributed by atoms with E-state index in [0.29, 0.717) is 7.14 Å². The Morgan fingerprint density at radius 2 is 2.00 bits per heavy atom. The summed E-state index contributed by atoms with van der Waals surface area (Å²) in [5.74, 6) is 0. The summed E-state index contributed by atoms with van der Waals surface area (Å²) < 4.78 is 25.4. The van der Waals surface area contributed by atoms with E-state index >= 15 is 0 Å². The number of aromatic nitrogens is 1. The van der Waals surface area contributed by atoms with Crippen molar-refractivity contribution < 1.29 is 8.78 Å². The second-order valence-corrected chi connectivity index (χ2v) is 4.24. The Morgan fingerprint density at radius 1 is 1.42 bits per heavy atom. The predicted octanol–water partition coefficient (Wildman–Crippen LogP) is 2.52. The van der Waals surface area contributed by atoms with Gasteiger partial charge in [0.25, 0.3) is 12.0 Å². The molecule has 0 aliphatic rings. The monoisotopic (exact) mass is 397 g/mol. The number of alkyl halides is 2. The maximum Gasteiger partial charge on any atom is 0.270 e. The summed E-state index contributed by atoms with van der Waals surface area (Å²) in [6, 6.07) is 0. The van der Waals surface area contributed by atoms with Crippen molar-refractivity contribution in [1.29, 1.82) is 0 Å². The lowest BCUT2D eigenvalue weighted by atomic mass is 10.3. The van der Waals surface area contributed by atoms with Crippen LogP contribution in [-0.2, 0) is 0 Å². The Hall–Kier alpha value is 0.270. The summed E-state index contributed by atoms with van der Waals surface area (Å²) in [5, 5.41) is 0. The number of rotatable bonds is 1. The topological polar surface area (TPSA) is 32.9 Å². The van der Waals surface area contributed by atoms with Gasteiger partial charge in [-0.3, -0.25) is 4.79 Å². The van der Waals surface area contributed by atoms with Gasteiger partial charge in [0, 0.05) is 13.3 Å². The number of hydrogen-bond donors (Lipinski definition) is 1. The largest absolute Gasteiger partial charge is 0.328 e. The van der Waals surface area contributed by atoms with Gasteiger partial charge in [-0.25, -0.2) is 8.78 Å². The molecule has 0 atom stereocenters. The van der Waals surface area contributed by atoms with Crippen LogP contribution in [0.25, 0.3) is 0 Å². The maximum atomic E-state index is 12.2. The third-order valence-electron chi connectivity index (χ3n) is 1.24. The zero-order chi connectivity index (χ0) is 9.30. The highest BCUT2D eigenvalue weighted by Crippen LogP contribution is 2.23. The molecule has 2 nitrogen and oxygen atoms in total. The fourth-order valence-corrected chi connectivity index (χ4v) is 1.78. The molecular weight excluding hydrogens is 394 g/mol. The first-order valence-electron chi connectivity index (χ1n) is 2.88. The van der Waals surface area contributed by atoms with Gasteiger partial charge in [0.05, 0.1) is 5.56 Å². The van der Waals surface area contributed by atoms with Gasteiger partial charge in [-0.2, -0.15) is 0 Å². The summed E-state index contributed by atoms with van der Waals surface area (Å²) >= 11 is 3.63. The van der Waals surface area contributed by atoms with E-state index in [1.807, 2.05) is 22.6 Å². The van der Waals surface area contributed by atoms with E-state index in [-0.39, 0.29) is 0 Å². The maximum absolute atomic E-state index is 12.2. The van der Waals surface area contributed by atoms with Crippen LogP contribution in [0.3, 0.4) is 0 Å². The standard InChI is InChI=1S/C6H3F2I2NO/c7-5(8)3-4(10)2(9)1-11-6(3)12/h1,5H,(H,11,12). The average molecular weight is 397 g/mol. The third-order valence-corrected chi connectivity index (χ3v) is 4.28. The lowest BCUT2D eigenvalue weighted by Gasteiger charge is -2.02. The first-order chi connectivity index (χ1) is 5.54. The number of hydrogen-bond acceptors (Lipinski definition) is 1. The van der Waals surface area contributed by atoms with Crippen LogP contribution in [0.1, 0.15) is 12.0 Å². The van der Waals surface area contributed by atoms with Crippen LogP contribution < -0.4 is 5.56 Å². The number of pyridine rings is 1. The second kappa shape index (κ2) is 3.99. The molecule has 1 aromatic heterocycles. The molecule has 0 radical (unpaired) electrons. The molecule has 1 heterocycles. The Kier molecular flexibility index (Phi) is 3.44. The Labute approximate surface area is 94.0 Å². The molecule has 0 aliphatic carbocycles. The number of aromatic amines is 1. The van der Waals surface area contributed by atoms with Crippen molar-refractivity contribution in [2.75, 3.05) is 0 Å². The minimum Gasteiger partial charge on any atom is -0.328 e. The predicted molar refractivity (Wildman–Crippen MR) is 57.5 cm³/mol. The molecule has 1 rings (SSSR count). The van der Waals surface area contributed by atoms with E-state index in [1.54, 1.807) is 22.6 Å². The Balaban J connectivity index is 3.43. The fraction of sp³-hybridized carbons (Fsp3) is 0.167. The van der Waals surface area contributed by atoms with E-state index < -0.39 is 17.5 Å². The van der Waals surface area contributed by atoms with E-state index in [9.17, 15) is 13.6 Å². The van der Waals surface area contributed by atoms with Gasteiger partial charge in [0.15, 0.2) is 0 Å². The number of halogens is 4. The molecule has 0 saturated carbocycles. The van der Waals surface area contributed by atoms with Crippen molar-refractivity contribution in [3.05, 3.63) is 29.3 Å². The summed E-state index contributed by atoms with van der Waals surface area (Å²) in [6.07, 6.45) is -1.30. The van der Waals surface area contributed by atoms with Crippen molar-refractivity contribution in [1.82, 2.24) is 4.98 Å². The normalized spacial score (nSPS) is 10.8. The minimum absolute atomic E-state index is 0.326. The van der Waals surface area contributed by atoms with Crippen LogP contribution in [0.2, 0.25) is 0 Å². The summed E-state index contributed by atoms with van der Waals surface area (Å²) in [7, 11) is 0. The lowest BCUT2D eigenvalue weighted by Crippen LogP contribution is -2.15. The molecule has 0 spiro atoms. The summed E-state index contributed by atoms with van der Waals surface area (Å²) in [5.41, 5.74) is -1.16. The zero-order valence-corrected chi connectivity index (χ0v) is 9.89. The molecule has 0 amide bonds. The molecule has 0 aliphatic heterocycles. The molecule has 1 N–H and O–H groups in total. The molecule has 0 aromatic carbocycles. The first-order valence-corrected chi connectivity index (χ1v) is 5.04. The highest BCUT2D eigenvalue weighted by molar-refractivity contribution is 14.1. The molecular formula is C6H3F2I2NO. The molecule has 0 fully saturated rings. The highest BCUT2D eigenvalue weighted by Gasteiger charge is 2.17. The van der Waals surface area contributed by atoms with Gasteiger partial charge in [0.1, 0.15) is 0 Å². The molecule has 0 unspecified atom stereocenters. The van der Waals surface area contributed by atoms with Crippen LogP contribution in [-0.4, -0.2) is 4.98 Å². The Bertz CT molecular complexity index is 350. The van der Waals surface area contributed by atoms with Crippen molar-refractivity contribution in [2.24, 2.45) is 0 Å². The number of H-pyrrole nitrogens is 1. The van der Waals surface area contributed by atoms with E-state index in [1.165, 1.54) is 6.20 Å². The average Bonchev–Trinajstić information content (AvgIpc) is 1.97. The molecule has 1 aromatic rings. The molecule has 0 saturated heterocycles. The third kappa shape index (κ3) is 1.95. The Morgan fingerprint density at radius 3 is 2.42 bits per heavy atom. The van der Waals surface area contributed by atoms with Crippen molar-refractivity contribution in [2.45, 2.75) is 6.43 Å². The first kappa shape index (κ1) is 10.4. The molecule has 6 heteroatoms. The van der Waals surface area contributed by atoms with Gasteiger partial charge in [-0.15, -0.1) is 0 Å². The van der Waals surface area contributed by atoms with Crippen molar-refractivity contribution in [3.8, 4) is 0 Å². The zero-order valence-electron chi connectivity index (χ0n) is 5.57. The van der Waals surface area contributed by atoms with Crippen molar-refractivity contribution in [3.63, 3.8) is 0 Å². The molecule has 12 heavy (non-hydrogen) atoms. The van der Waals surface area contributed by atoms with Crippen LogP contribution in [0.5, 0.6) is 0 Å². The molecule has 0 bridgehead atoms. The van der Waals surface area contributed by atoms with E-state index in [2.05, 4.69) is 4.98 Å². The van der Waals surface area contributed by atoms with Gasteiger partial charge >= 0.3 is 0 Å². The van der Waals surface area contributed by atoms with Gasteiger partial charge in [0.2, 0.25) is 0 Å². The van der Waals surface area contributed by atoms with Crippen molar-refractivity contribution >= 4 is 45.2 Å². The van der Waals surface area contributed by atoms with Crippen LogP contribution in [0.15, 0.2) is 11.0 Å². The van der Waals surface area contributed by atoms with Gasteiger partial charge in [-0.1, -0.05) is 0 Å². The molecule has 66 valence electrons. The van der Waals surface area contributed by atoms with E-state index in [4.69, 9.17) is 0 Å². The number of nitrogens with one attached hydrogen (secondary N) is 1. The van der Waals surface area contributed by atoms with Gasteiger partial charge < -0.3 is 4.98 Å². The SMILES string of the molecule is O=c1[nH]cc(I)c(I)c1C(F)F. The van der Waals surface area contributed by atoms with Crippen LogP contribution in [0.4, 0.5) is 8.78 Å². The summed E-state index contributed by atoms with van der Waals surface area (Å²) in [4.78, 5) is 13.1. The van der Waals surface area contributed by atoms with Gasteiger partial charge in [-0.05, 0) is 45.2 Å². The van der Waals surface area contributed by atoms with Crippen LogP contribution in [0, 0.1) is 7.14 Å². The van der Waals surface area contributed by atoms with E-state index in [0.717, 1.165) is 0 Å². The fourth-order valence-electron chi connectivity index (χ4n) is 0.693. The summed E-state index contributed by atoms with van der Waals surface area (Å²) in [6.45, 7) is 0. The second-order valence-electron chi connectivity index (χ2n) is 1.99. The lowest BCUT2D eigenvalue weighted by molar-refractivity contribution is 0.148. The van der Waals surface area contributed by atoms with Crippen LogP contribution >= 0.6 is 45.2 Å². The highest BCUT2D eigenvalue weighted by atomic mass is 127.